The molecule has 1 aliphatic rings. The van der Waals surface area contributed by atoms with Gasteiger partial charge in [-0.3, -0.25) is 0 Å². The topological polar surface area (TPSA) is 12.0 Å². The van der Waals surface area contributed by atoms with E-state index < -0.39 is 17.6 Å². The summed E-state index contributed by atoms with van der Waals surface area (Å²) in [5.74, 6) is -1.11. The fourth-order valence-corrected chi connectivity index (χ4v) is 2.77. The van der Waals surface area contributed by atoms with Crippen LogP contribution in [0.5, 0.6) is 0 Å². The first-order valence-corrected chi connectivity index (χ1v) is 6.51. The minimum Gasteiger partial charge on any atom is -0.314 e. The van der Waals surface area contributed by atoms with E-state index in [0.717, 1.165) is 37.9 Å². The predicted molar refractivity (Wildman–Crippen MR) is 65.5 cm³/mol. The van der Waals surface area contributed by atoms with Crippen molar-refractivity contribution in [2.24, 2.45) is 0 Å². The average Bonchev–Trinajstić information content (AvgIpc) is 2.77. The Kier molecular flexibility index (Phi) is 4.13. The Morgan fingerprint density at radius 3 is 2.63 bits per heavy atom. The van der Waals surface area contributed by atoms with Gasteiger partial charge in [0.2, 0.25) is 0 Å². The van der Waals surface area contributed by atoms with Crippen LogP contribution in [0.3, 0.4) is 0 Å². The molecule has 0 amide bonds. The van der Waals surface area contributed by atoms with E-state index in [4.69, 9.17) is 0 Å². The van der Waals surface area contributed by atoms with Crippen LogP contribution in [0.25, 0.3) is 0 Å². The van der Waals surface area contributed by atoms with Gasteiger partial charge in [-0.15, -0.1) is 0 Å². The molecule has 0 aliphatic heterocycles. The summed E-state index contributed by atoms with van der Waals surface area (Å²) in [6.45, 7) is 2.86. The van der Waals surface area contributed by atoms with Gasteiger partial charge >= 0.3 is 6.18 Å². The van der Waals surface area contributed by atoms with Crippen molar-refractivity contribution in [1.29, 1.82) is 0 Å². The quantitative estimate of drug-likeness (QED) is 0.819. The van der Waals surface area contributed by atoms with E-state index in [-0.39, 0.29) is 5.92 Å². The molecule has 106 valence electrons. The molecule has 0 aromatic heterocycles. The second kappa shape index (κ2) is 5.49. The molecule has 0 heterocycles. The Labute approximate surface area is 110 Å². The standard InChI is InChI=1S/C14H17F4N/c1-2-19-11-5-3-9(7-11)10-4-6-13(15)12(8-10)14(16,17)18/h4,6,8-9,11,19H,2-3,5,7H2,1H3. The molecule has 1 aromatic carbocycles. The van der Waals surface area contributed by atoms with E-state index in [0.29, 0.717) is 11.6 Å². The molecule has 0 bridgehead atoms. The van der Waals surface area contributed by atoms with Crippen LogP contribution in [0.15, 0.2) is 18.2 Å². The summed E-state index contributed by atoms with van der Waals surface area (Å²) < 4.78 is 51.2. The molecular weight excluding hydrogens is 258 g/mol. The fourth-order valence-electron chi connectivity index (χ4n) is 2.77. The number of benzene rings is 1. The summed E-state index contributed by atoms with van der Waals surface area (Å²) in [5.41, 5.74) is -0.564. The first-order chi connectivity index (χ1) is 8.91. The van der Waals surface area contributed by atoms with Gasteiger partial charge in [-0.2, -0.15) is 13.2 Å². The van der Waals surface area contributed by atoms with E-state index in [9.17, 15) is 17.6 Å². The highest BCUT2D eigenvalue weighted by Crippen LogP contribution is 2.38. The summed E-state index contributed by atoms with van der Waals surface area (Å²) in [5, 5.41) is 3.30. The van der Waals surface area contributed by atoms with Gasteiger partial charge < -0.3 is 5.32 Å². The lowest BCUT2D eigenvalue weighted by Crippen LogP contribution is -2.25. The zero-order valence-electron chi connectivity index (χ0n) is 10.7. The van der Waals surface area contributed by atoms with Crippen molar-refractivity contribution in [3.05, 3.63) is 35.1 Å². The minimum absolute atomic E-state index is 0.0887. The van der Waals surface area contributed by atoms with E-state index in [2.05, 4.69) is 5.32 Å². The number of nitrogens with one attached hydrogen (secondary N) is 1. The van der Waals surface area contributed by atoms with Crippen molar-refractivity contribution in [1.82, 2.24) is 5.32 Å². The maximum atomic E-state index is 13.2. The third kappa shape index (κ3) is 3.26. The van der Waals surface area contributed by atoms with Crippen LogP contribution in [0.2, 0.25) is 0 Å². The van der Waals surface area contributed by atoms with Gasteiger partial charge in [-0.05, 0) is 49.4 Å². The summed E-state index contributed by atoms with van der Waals surface area (Å²) >= 11 is 0. The summed E-state index contributed by atoms with van der Waals surface area (Å²) in [7, 11) is 0. The van der Waals surface area contributed by atoms with Crippen LogP contribution >= 0.6 is 0 Å². The highest BCUT2D eigenvalue weighted by atomic mass is 19.4. The van der Waals surface area contributed by atoms with Gasteiger partial charge in [-0.25, -0.2) is 4.39 Å². The Morgan fingerprint density at radius 2 is 2.00 bits per heavy atom. The molecule has 1 saturated carbocycles. The number of rotatable bonds is 3. The zero-order chi connectivity index (χ0) is 14.0. The highest BCUT2D eigenvalue weighted by molar-refractivity contribution is 5.30. The first-order valence-electron chi connectivity index (χ1n) is 6.51. The highest BCUT2D eigenvalue weighted by Gasteiger charge is 2.35. The van der Waals surface area contributed by atoms with Crippen LogP contribution in [-0.2, 0) is 6.18 Å². The molecule has 1 N–H and O–H groups in total. The largest absolute Gasteiger partial charge is 0.419 e. The Bertz CT molecular complexity index is 442. The third-order valence-corrected chi connectivity index (χ3v) is 3.69. The number of hydrogen-bond donors (Lipinski definition) is 1. The number of hydrogen-bond acceptors (Lipinski definition) is 1. The fraction of sp³-hybridized carbons (Fsp3) is 0.571. The molecule has 1 aromatic rings. The molecule has 1 aliphatic carbocycles. The maximum Gasteiger partial charge on any atom is 0.419 e. The lowest BCUT2D eigenvalue weighted by atomic mass is 9.95. The summed E-state index contributed by atoms with van der Waals surface area (Å²) in [4.78, 5) is 0. The van der Waals surface area contributed by atoms with Crippen molar-refractivity contribution in [2.45, 2.75) is 44.3 Å². The molecule has 1 fully saturated rings. The van der Waals surface area contributed by atoms with E-state index in [1.54, 1.807) is 0 Å². The van der Waals surface area contributed by atoms with Crippen LogP contribution in [0.1, 0.15) is 43.2 Å². The van der Waals surface area contributed by atoms with Gasteiger partial charge in [0.25, 0.3) is 0 Å². The van der Waals surface area contributed by atoms with E-state index in [1.807, 2.05) is 6.92 Å². The lowest BCUT2D eigenvalue weighted by Gasteiger charge is -2.15. The Balaban J connectivity index is 2.18. The lowest BCUT2D eigenvalue weighted by molar-refractivity contribution is -0.140. The van der Waals surface area contributed by atoms with Gasteiger partial charge in [0.05, 0.1) is 5.56 Å². The van der Waals surface area contributed by atoms with Crippen molar-refractivity contribution in [3.63, 3.8) is 0 Å². The Hall–Kier alpha value is -1.10. The van der Waals surface area contributed by atoms with Crippen LogP contribution in [-0.4, -0.2) is 12.6 Å². The number of alkyl halides is 3. The van der Waals surface area contributed by atoms with Crippen molar-refractivity contribution in [3.8, 4) is 0 Å². The molecular formula is C14H17F4N. The molecule has 0 spiro atoms. The SMILES string of the molecule is CCNC1CCC(c2ccc(F)c(C(F)(F)F)c2)C1. The van der Waals surface area contributed by atoms with Gasteiger partial charge in [0.1, 0.15) is 5.82 Å². The molecule has 1 nitrogen and oxygen atoms in total. The normalized spacial score (nSPS) is 23.8. The summed E-state index contributed by atoms with van der Waals surface area (Å²) in [6.07, 6.45) is -2.01. The minimum atomic E-state index is -4.63. The molecule has 0 saturated heterocycles. The molecule has 2 unspecified atom stereocenters. The van der Waals surface area contributed by atoms with Crippen molar-refractivity contribution >= 4 is 0 Å². The Morgan fingerprint density at radius 1 is 1.26 bits per heavy atom. The van der Waals surface area contributed by atoms with Crippen LogP contribution < -0.4 is 5.32 Å². The maximum absolute atomic E-state index is 13.2. The van der Waals surface area contributed by atoms with E-state index >= 15 is 0 Å². The molecule has 2 atom stereocenters. The third-order valence-electron chi connectivity index (χ3n) is 3.69. The first kappa shape index (κ1) is 14.3. The van der Waals surface area contributed by atoms with E-state index in [1.165, 1.54) is 6.07 Å². The zero-order valence-corrected chi connectivity index (χ0v) is 10.7. The molecule has 0 radical (unpaired) electrons. The molecule has 5 heteroatoms. The monoisotopic (exact) mass is 275 g/mol. The summed E-state index contributed by atoms with van der Waals surface area (Å²) in [6, 6.07) is 3.73. The van der Waals surface area contributed by atoms with Crippen LogP contribution in [0, 0.1) is 5.82 Å². The predicted octanol–water partition coefficient (Wildman–Crippen LogP) is 4.09. The second-order valence-corrected chi connectivity index (χ2v) is 5.00. The van der Waals surface area contributed by atoms with Gasteiger partial charge in [0, 0.05) is 6.04 Å². The second-order valence-electron chi connectivity index (χ2n) is 5.00. The smallest absolute Gasteiger partial charge is 0.314 e. The number of halogens is 4. The average molecular weight is 275 g/mol. The molecule has 19 heavy (non-hydrogen) atoms. The van der Waals surface area contributed by atoms with Gasteiger partial charge in [-0.1, -0.05) is 13.0 Å². The van der Waals surface area contributed by atoms with Crippen molar-refractivity contribution in [2.75, 3.05) is 6.54 Å². The van der Waals surface area contributed by atoms with Crippen molar-refractivity contribution < 1.29 is 17.6 Å². The van der Waals surface area contributed by atoms with Gasteiger partial charge in [0.15, 0.2) is 0 Å². The molecule has 2 rings (SSSR count). The van der Waals surface area contributed by atoms with Crippen LogP contribution in [0.4, 0.5) is 17.6 Å².